The van der Waals surface area contributed by atoms with Crippen LogP contribution >= 0.6 is 0 Å². The van der Waals surface area contributed by atoms with Crippen LogP contribution in [0.1, 0.15) is 50.5 Å². The summed E-state index contributed by atoms with van der Waals surface area (Å²) in [6, 6.07) is 0. The largest absolute Gasteiger partial charge is 0.491 e. The van der Waals surface area contributed by atoms with Crippen molar-refractivity contribution in [1.82, 2.24) is 19.9 Å². The first-order valence-electron chi connectivity index (χ1n) is 12.2. The van der Waals surface area contributed by atoms with E-state index in [1.807, 2.05) is 6.92 Å². The first kappa shape index (κ1) is 21.9. The molecule has 9 nitrogen and oxygen atoms in total. The predicted molar refractivity (Wildman–Crippen MR) is 130 cm³/mol. The van der Waals surface area contributed by atoms with E-state index in [4.69, 9.17) is 14.7 Å². The molecule has 2 fully saturated rings. The zero-order valence-corrected chi connectivity index (χ0v) is 20.3. The Hall–Kier alpha value is -2.59. The molecular formula is C24H30N6O3S. The molecule has 34 heavy (non-hydrogen) atoms. The normalized spacial score (nSPS) is 25.3. The van der Waals surface area contributed by atoms with Crippen LogP contribution in [0, 0.1) is 0 Å². The molecule has 2 aromatic heterocycles. The van der Waals surface area contributed by atoms with E-state index in [0.29, 0.717) is 37.0 Å². The fraction of sp³-hybridized carbons (Fsp3) is 0.583. The average molecular weight is 483 g/mol. The molecule has 1 aliphatic carbocycles. The van der Waals surface area contributed by atoms with E-state index in [1.54, 1.807) is 12.4 Å². The van der Waals surface area contributed by atoms with Crippen molar-refractivity contribution in [2.75, 3.05) is 41.8 Å². The number of aliphatic hydroxyl groups excluding tert-OH is 1. The number of nitrogens with zero attached hydrogens (tertiary/aromatic N) is 6. The van der Waals surface area contributed by atoms with Gasteiger partial charge in [-0.1, -0.05) is 6.08 Å². The van der Waals surface area contributed by atoms with Crippen LogP contribution in [0.5, 0.6) is 5.75 Å². The highest BCUT2D eigenvalue weighted by atomic mass is 32.2. The summed E-state index contributed by atoms with van der Waals surface area (Å²) in [5, 5.41) is 10.7. The SMILES string of the molecule is CCOc1cnc(C2=CCN(c3nc4c(c(N5CC[C@@H](O)C56CCC6)n3)[S@](=O)CC4)CC2)nc1. The Morgan fingerprint density at radius 3 is 2.71 bits per heavy atom. The summed E-state index contributed by atoms with van der Waals surface area (Å²) in [4.78, 5) is 24.0. The van der Waals surface area contributed by atoms with Crippen LogP contribution in [0.3, 0.4) is 0 Å². The summed E-state index contributed by atoms with van der Waals surface area (Å²) >= 11 is 0. The Kier molecular flexibility index (Phi) is 5.52. The lowest BCUT2D eigenvalue weighted by Gasteiger charge is -2.48. The Bertz CT molecular complexity index is 1150. The third-order valence-corrected chi connectivity index (χ3v) is 9.08. The molecule has 1 spiro atoms. The van der Waals surface area contributed by atoms with Crippen molar-refractivity contribution in [1.29, 1.82) is 0 Å². The first-order chi connectivity index (χ1) is 16.6. The number of anilines is 2. The van der Waals surface area contributed by atoms with Gasteiger partial charge in [0, 0.05) is 31.8 Å². The van der Waals surface area contributed by atoms with E-state index in [0.717, 1.165) is 73.0 Å². The van der Waals surface area contributed by atoms with Crippen LogP contribution in [-0.4, -0.2) is 72.9 Å². The van der Waals surface area contributed by atoms with Crippen molar-refractivity contribution in [2.24, 2.45) is 0 Å². The number of hydrogen-bond donors (Lipinski definition) is 1. The van der Waals surface area contributed by atoms with Crippen LogP contribution in [0.4, 0.5) is 11.8 Å². The second-order valence-electron chi connectivity index (χ2n) is 9.44. The van der Waals surface area contributed by atoms with Gasteiger partial charge in [0.2, 0.25) is 5.95 Å². The van der Waals surface area contributed by atoms with Crippen LogP contribution in [-0.2, 0) is 17.2 Å². The fourth-order valence-electron chi connectivity index (χ4n) is 5.65. The fourth-order valence-corrected chi connectivity index (χ4v) is 7.00. The van der Waals surface area contributed by atoms with Gasteiger partial charge in [-0.2, -0.15) is 4.98 Å². The van der Waals surface area contributed by atoms with Gasteiger partial charge in [0.15, 0.2) is 17.4 Å². The number of hydrogen-bond acceptors (Lipinski definition) is 9. The maximum absolute atomic E-state index is 12.9. The Morgan fingerprint density at radius 2 is 2.03 bits per heavy atom. The molecule has 2 aromatic rings. The highest BCUT2D eigenvalue weighted by Crippen LogP contribution is 2.49. The maximum atomic E-state index is 12.9. The van der Waals surface area contributed by atoms with E-state index >= 15 is 0 Å². The third-order valence-electron chi connectivity index (χ3n) is 7.64. The van der Waals surface area contributed by atoms with Gasteiger partial charge in [-0.05, 0) is 44.6 Å². The quantitative estimate of drug-likeness (QED) is 0.686. The van der Waals surface area contributed by atoms with E-state index in [2.05, 4.69) is 25.8 Å². The molecule has 0 unspecified atom stereocenters. The van der Waals surface area contributed by atoms with Crippen molar-refractivity contribution in [3.63, 3.8) is 0 Å². The van der Waals surface area contributed by atoms with E-state index in [9.17, 15) is 9.32 Å². The lowest BCUT2D eigenvalue weighted by molar-refractivity contribution is 0.0579. The lowest BCUT2D eigenvalue weighted by atomic mass is 9.73. The van der Waals surface area contributed by atoms with Gasteiger partial charge >= 0.3 is 0 Å². The second kappa shape index (κ2) is 8.57. The van der Waals surface area contributed by atoms with Crippen molar-refractivity contribution < 1.29 is 14.1 Å². The molecule has 1 saturated carbocycles. The van der Waals surface area contributed by atoms with Crippen molar-refractivity contribution >= 4 is 28.1 Å². The van der Waals surface area contributed by atoms with Gasteiger partial charge in [0.05, 0.1) is 47.1 Å². The van der Waals surface area contributed by atoms with E-state index < -0.39 is 10.8 Å². The van der Waals surface area contributed by atoms with Crippen LogP contribution in [0.2, 0.25) is 0 Å². The van der Waals surface area contributed by atoms with Gasteiger partial charge < -0.3 is 19.6 Å². The van der Waals surface area contributed by atoms with Crippen LogP contribution < -0.4 is 14.5 Å². The summed E-state index contributed by atoms with van der Waals surface area (Å²) < 4.78 is 18.3. The van der Waals surface area contributed by atoms with E-state index in [-0.39, 0.29) is 11.6 Å². The van der Waals surface area contributed by atoms with Crippen molar-refractivity contribution in [3.05, 3.63) is 30.0 Å². The molecule has 0 bridgehead atoms. The van der Waals surface area contributed by atoms with Gasteiger partial charge in [0.1, 0.15) is 4.90 Å². The Morgan fingerprint density at radius 1 is 1.21 bits per heavy atom. The number of ether oxygens (including phenoxy) is 1. The number of rotatable bonds is 5. The zero-order valence-electron chi connectivity index (χ0n) is 19.4. The maximum Gasteiger partial charge on any atom is 0.227 e. The standard InChI is InChI=1S/C24H30N6O3S/c1-2-33-17-14-25-21(26-15-17)16-4-10-29(11-5-16)23-27-18-7-13-34(32)20(18)22(28-23)30-12-6-19(31)24(30)8-3-9-24/h4,14-15,19,31H,2-3,5-13H2,1H3/t19-,34-/m1/s1. The molecule has 3 aliphatic heterocycles. The minimum absolute atomic E-state index is 0.244. The molecule has 4 aliphatic rings. The first-order valence-corrected chi connectivity index (χ1v) is 13.5. The van der Waals surface area contributed by atoms with Crippen molar-refractivity contribution in [3.8, 4) is 5.75 Å². The smallest absolute Gasteiger partial charge is 0.227 e. The Balaban J connectivity index is 1.28. The number of aryl methyl sites for hydroxylation is 1. The zero-order chi connectivity index (χ0) is 23.3. The molecule has 10 heteroatoms. The number of aromatic nitrogens is 4. The minimum atomic E-state index is -1.08. The molecule has 6 rings (SSSR count). The molecule has 5 heterocycles. The summed E-state index contributed by atoms with van der Waals surface area (Å²) in [5.74, 6) is 3.48. The highest BCUT2D eigenvalue weighted by molar-refractivity contribution is 7.85. The van der Waals surface area contributed by atoms with Crippen molar-refractivity contribution in [2.45, 2.75) is 62.0 Å². The van der Waals surface area contributed by atoms with E-state index in [1.165, 1.54) is 0 Å². The summed E-state index contributed by atoms with van der Waals surface area (Å²) in [6.07, 6.45) is 10.5. The Labute approximate surface area is 201 Å². The topological polar surface area (TPSA) is 105 Å². The molecule has 180 valence electrons. The monoisotopic (exact) mass is 482 g/mol. The second-order valence-corrected chi connectivity index (χ2v) is 10.9. The summed E-state index contributed by atoms with van der Waals surface area (Å²) in [7, 11) is -1.08. The molecular weight excluding hydrogens is 452 g/mol. The van der Waals surface area contributed by atoms with Gasteiger partial charge in [-0.15, -0.1) is 0 Å². The third kappa shape index (κ3) is 3.50. The molecule has 0 aromatic carbocycles. The minimum Gasteiger partial charge on any atom is -0.491 e. The van der Waals surface area contributed by atoms with Gasteiger partial charge in [-0.25, -0.2) is 15.0 Å². The molecule has 1 N–H and O–H groups in total. The van der Waals surface area contributed by atoms with Crippen LogP contribution in [0.25, 0.3) is 5.57 Å². The molecule has 1 saturated heterocycles. The predicted octanol–water partition coefficient (Wildman–Crippen LogP) is 2.12. The lowest BCUT2D eigenvalue weighted by Crippen LogP contribution is -2.56. The average Bonchev–Trinajstić information content (AvgIpc) is 3.39. The number of fused-ring (bicyclic) bond motifs is 1. The molecule has 0 radical (unpaired) electrons. The molecule has 0 amide bonds. The summed E-state index contributed by atoms with van der Waals surface area (Å²) in [5.41, 5.74) is 1.77. The summed E-state index contributed by atoms with van der Waals surface area (Å²) in [6.45, 7) is 4.71. The van der Waals surface area contributed by atoms with Crippen LogP contribution in [0.15, 0.2) is 23.4 Å². The molecule has 2 atom stereocenters. The number of aliphatic hydroxyl groups is 1. The van der Waals surface area contributed by atoms with Gasteiger partial charge in [-0.3, -0.25) is 4.21 Å². The highest BCUT2D eigenvalue weighted by Gasteiger charge is 2.53. The van der Waals surface area contributed by atoms with Gasteiger partial charge in [0.25, 0.3) is 0 Å².